The molecular formula is C18H40N6O6. The molecule has 0 aromatic carbocycles. The summed E-state index contributed by atoms with van der Waals surface area (Å²) in [4.78, 5) is 23.2. The maximum atomic E-state index is 11.6. The van der Waals surface area contributed by atoms with Gasteiger partial charge in [-0.25, -0.2) is 9.59 Å². The van der Waals surface area contributed by atoms with Crippen molar-refractivity contribution in [3.63, 3.8) is 0 Å². The lowest BCUT2D eigenvalue weighted by Crippen LogP contribution is -2.39. The number of carbonyl (C=O) groups is 2. The molecule has 0 fully saturated rings. The third kappa shape index (κ3) is 22.6. The minimum absolute atomic E-state index is 0.239. The molecule has 12 heteroatoms. The number of rotatable bonds is 21. The van der Waals surface area contributed by atoms with Crippen LogP contribution in [0.2, 0.25) is 0 Å². The molecule has 0 aliphatic rings. The zero-order chi connectivity index (χ0) is 22.1. The van der Waals surface area contributed by atoms with E-state index in [1.54, 1.807) is 0 Å². The molecule has 0 aromatic heterocycles. The fourth-order valence-electron chi connectivity index (χ4n) is 2.06. The van der Waals surface area contributed by atoms with Crippen LogP contribution in [-0.4, -0.2) is 104 Å². The second-order valence-corrected chi connectivity index (χ2v) is 6.10. The van der Waals surface area contributed by atoms with Crippen molar-refractivity contribution in [1.82, 2.24) is 21.3 Å². The van der Waals surface area contributed by atoms with Crippen LogP contribution < -0.4 is 32.7 Å². The first-order valence-corrected chi connectivity index (χ1v) is 10.4. The average molecular weight is 437 g/mol. The van der Waals surface area contributed by atoms with E-state index in [1.165, 1.54) is 0 Å². The van der Waals surface area contributed by atoms with Gasteiger partial charge in [-0.2, -0.15) is 0 Å². The van der Waals surface area contributed by atoms with Gasteiger partial charge >= 0.3 is 12.1 Å². The van der Waals surface area contributed by atoms with E-state index < -0.39 is 0 Å². The van der Waals surface area contributed by atoms with Crippen LogP contribution in [0.4, 0.5) is 9.59 Å². The van der Waals surface area contributed by atoms with Crippen LogP contribution in [0.15, 0.2) is 0 Å². The van der Waals surface area contributed by atoms with Crippen molar-refractivity contribution in [2.75, 3.05) is 92.1 Å². The predicted octanol–water partition coefficient (Wildman–Crippen LogP) is -1.65. The molecule has 178 valence electrons. The first-order chi connectivity index (χ1) is 14.7. The smallest absolute Gasteiger partial charge is 0.314 e. The van der Waals surface area contributed by atoms with Crippen LogP contribution in [0.1, 0.15) is 12.8 Å². The van der Waals surface area contributed by atoms with E-state index in [4.69, 9.17) is 30.4 Å². The normalized spacial score (nSPS) is 10.6. The molecular weight excluding hydrogens is 396 g/mol. The van der Waals surface area contributed by atoms with Crippen molar-refractivity contribution in [3.8, 4) is 0 Å². The Morgan fingerprint density at radius 1 is 0.500 bits per heavy atom. The number of hydrogen-bond acceptors (Lipinski definition) is 8. The average Bonchev–Trinajstić information content (AvgIpc) is 2.74. The molecule has 0 bridgehead atoms. The molecule has 0 heterocycles. The highest BCUT2D eigenvalue weighted by Gasteiger charge is 2.01. The highest BCUT2D eigenvalue weighted by molar-refractivity contribution is 5.74. The number of nitrogens with one attached hydrogen (secondary N) is 4. The summed E-state index contributed by atoms with van der Waals surface area (Å²) in [5.41, 5.74) is 10.6. The number of carbonyl (C=O) groups excluding carboxylic acids is 2. The summed E-state index contributed by atoms with van der Waals surface area (Å²) in [6, 6.07) is -0.478. The molecule has 0 radical (unpaired) electrons. The monoisotopic (exact) mass is 436 g/mol. The Morgan fingerprint density at radius 3 is 1.20 bits per heavy atom. The first kappa shape index (κ1) is 28.3. The van der Waals surface area contributed by atoms with Gasteiger partial charge < -0.3 is 51.7 Å². The van der Waals surface area contributed by atoms with Gasteiger partial charge in [0.1, 0.15) is 0 Å². The molecule has 12 nitrogen and oxygen atoms in total. The van der Waals surface area contributed by atoms with E-state index in [2.05, 4.69) is 21.3 Å². The van der Waals surface area contributed by atoms with Crippen LogP contribution in [0.25, 0.3) is 0 Å². The highest BCUT2D eigenvalue weighted by atomic mass is 16.5. The van der Waals surface area contributed by atoms with Crippen molar-refractivity contribution < 1.29 is 28.5 Å². The second kappa shape index (κ2) is 23.6. The largest absolute Gasteiger partial charge is 0.378 e. The molecule has 8 N–H and O–H groups in total. The Balaban J connectivity index is 3.28. The number of unbranched alkanes of at least 4 members (excludes halogenated alkanes) is 1. The van der Waals surface area contributed by atoms with Crippen LogP contribution in [-0.2, 0) is 18.9 Å². The molecule has 0 saturated carbocycles. The topological polar surface area (TPSA) is 171 Å². The lowest BCUT2D eigenvalue weighted by atomic mass is 10.3. The van der Waals surface area contributed by atoms with E-state index in [0.717, 1.165) is 12.8 Å². The van der Waals surface area contributed by atoms with E-state index in [1.807, 2.05) is 0 Å². The van der Waals surface area contributed by atoms with Crippen molar-refractivity contribution in [1.29, 1.82) is 0 Å². The van der Waals surface area contributed by atoms with Crippen molar-refractivity contribution >= 4 is 12.1 Å². The number of nitrogens with two attached hydrogens (primary N) is 2. The third-order valence-corrected chi connectivity index (χ3v) is 3.51. The fraction of sp³-hybridized carbons (Fsp3) is 0.889. The molecule has 0 unspecified atom stereocenters. The lowest BCUT2D eigenvalue weighted by Gasteiger charge is -2.10. The quantitative estimate of drug-likeness (QED) is 0.116. The second-order valence-electron chi connectivity index (χ2n) is 6.10. The van der Waals surface area contributed by atoms with Crippen molar-refractivity contribution in [2.24, 2.45) is 11.5 Å². The Bertz CT molecular complexity index is 369. The SMILES string of the molecule is NCCOCCOCCNC(=O)NCCCCNC(=O)NCCOCCOCCN. The van der Waals surface area contributed by atoms with Crippen LogP contribution in [0.5, 0.6) is 0 Å². The number of amides is 4. The fourth-order valence-corrected chi connectivity index (χ4v) is 2.06. The van der Waals surface area contributed by atoms with Gasteiger partial charge in [-0.05, 0) is 12.8 Å². The van der Waals surface area contributed by atoms with Crippen LogP contribution >= 0.6 is 0 Å². The molecule has 0 rings (SSSR count). The number of urea groups is 2. The van der Waals surface area contributed by atoms with E-state index >= 15 is 0 Å². The highest BCUT2D eigenvalue weighted by Crippen LogP contribution is 1.85. The summed E-state index contributed by atoms with van der Waals surface area (Å²) >= 11 is 0. The molecule has 4 amide bonds. The standard InChI is InChI=1S/C18H40N6O6/c19-3-9-27-13-15-29-11-7-23-17(25)21-5-1-2-6-22-18(26)24-8-12-30-16-14-28-10-4-20/h1-16,19-20H2,(H2,21,23,25)(H2,22,24,26). The summed E-state index contributed by atoms with van der Waals surface area (Å²) in [5.74, 6) is 0. The number of ether oxygens (including phenoxy) is 4. The van der Waals surface area contributed by atoms with E-state index in [-0.39, 0.29) is 12.1 Å². The zero-order valence-electron chi connectivity index (χ0n) is 17.9. The predicted molar refractivity (Wildman–Crippen MR) is 113 cm³/mol. The summed E-state index contributed by atoms with van der Waals surface area (Å²) in [5, 5.41) is 10.9. The summed E-state index contributed by atoms with van der Waals surface area (Å²) in [6.07, 6.45) is 1.52. The van der Waals surface area contributed by atoms with Gasteiger partial charge in [-0.1, -0.05) is 0 Å². The maximum absolute atomic E-state index is 11.6. The lowest BCUT2D eigenvalue weighted by molar-refractivity contribution is 0.0524. The molecule has 0 aliphatic heterocycles. The Kier molecular flexibility index (Phi) is 22.2. The van der Waals surface area contributed by atoms with Crippen molar-refractivity contribution in [2.45, 2.75) is 12.8 Å². The summed E-state index contributed by atoms with van der Waals surface area (Å²) in [7, 11) is 0. The van der Waals surface area contributed by atoms with Crippen molar-refractivity contribution in [3.05, 3.63) is 0 Å². The van der Waals surface area contributed by atoms with Gasteiger partial charge in [0.2, 0.25) is 0 Å². The molecule has 30 heavy (non-hydrogen) atoms. The number of hydrogen-bond donors (Lipinski definition) is 6. The summed E-state index contributed by atoms with van der Waals surface area (Å²) < 4.78 is 20.9. The van der Waals surface area contributed by atoms with Gasteiger partial charge in [0.05, 0.1) is 52.9 Å². The molecule has 0 aliphatic carbocycles. The Morgan fingerprint density at radius 2 is 0.833 bits per heavy atom. The van der Waals surface area contributed by atoms with Crippen LogP contribution in [0, 0.1) is 0 Å². The van der Waals surface area contributed by atoms with Gasteiger partial charge in [0, 0.05) is 39.3 Å². The Hall–Kier alpha value is -1.70. The van der Waals surface area contributed by atoms with Gasteiger partial charge in [0.15, 0.2) is 0 Å². The maximum Gasteiger partial charge on any atom is 0.314 e. The van der Waals surface area contributed by atoms with Gasteiger partial charge in [-0.3, -0.25) is 0 Å². The minimum atomic E-state index is -0.239. The molecule has 0 saturated heterocycles. The molecule has 0 atom stereocenters. The zero-order valence-corrected chi connectivity index (χ0v) is 17.9. The molecule has 0 spiro atoms. The third-order valence-electron chi connectivity index (χ3n) is 3.51. The van der Waals surface area contributed by atoms with Gasteiger partial charge in [0.25, 0.3) is 0 Å². The first-order valence-electron chi connectivity index (χ1n) is 10.4. The van der Waals surface area contributed by atoms with Gasteiger partial charge in [-0.15, -0.1) is 0 Å². The van der Waals surface area contributed by atoms with E-state index in [0.29, 0.717) is 92.1 Å². The Labute approximate surface area is 179 Å². The summed E-state index contributed by atoms with van der Waals surface area (Å²) in [6.45, 7) is 6.72. The van der Waals surface area contributed by atoms with E-state index in [9.17, 15) is 9.59 Å². The minimum Gasteiger partial charge on any atom is -0.378 e. The van der Waals surface area contributed by atoms with Crippen LogP contribution in [0.3, 0.4) is 0 Å². The molecule has 0 aromatic rings.